The first-order valence-electron chi connectivity index (χ1n) is 11.1. The van der Waals surface area contributed by atoms with Crippen molar-refractivity contribution in [1.82, 2.24) is 16.0 Å². The highest BCUT2D eigenvalue weighted by Crippen LogP contribution is 2.35. The normalized spacial score (nSPS) is 15.8. The molecular weight excluding hydrogens is 350 g/mol. The molecule has 0 aliphatic carbocycles. The molecule has 2 unspecified atom stereocenters. The zero-order valence-corrected chi connectivity index (χ0v) is 19.5. The van der Waals surface area contributed by atoms with Gasteiger partial charge in [0.25, 0.3) is 0 Å². The number of carbonyl (C=O) groups excluding carboxylic acids is 1. The quantitative estimate of drug-likeness (QED) is 0.251. The molecule has 166 valence electrons. The number of aliphatic hydroxyl groups excluding tert-OH is 1. The van der Waals surface area contributed by atoms with E-state index < -0.39 is 0 Å². The summed E-state index contributed by atoms with van der Waals surface area (Å²) in [7, 11) is 0. The number of hydrogen-bond acceptors (Lipinski definition) is 4. The molecule has 0 aromatic rings. The highest BCUT2D eigenvalue weighted by molar-refractivity contribution is 5.75. The van der Waals surface area contributed by atoms with Gasteiger partial charge in [-0.3, -0.25) is 4.79 Å². The molecule has 0 aliphatic rings. The van der Waals surface area contributed by atoms with Crippen LogP contribution in [0.3, 0.4) is 0 Å². The number of unbranched alkanes of at least 4 members (excludes halogenated alkanes) is 2. The molecule has 5 heteroatoms. The zero-order chi connectivity index (χ0) is 21.6. The molecular formula is C23H47N3O2. The van der Waals surface area contributed by atoms with E-state index in [0.29, 0.717) is 18.9 Å². The Kier molecular flexibility index (Phi) is 13.7. The van der Waals surface area contributed by atoms with E-state index >= 15 is 0 Å². The van der Waals surface area contributed by atoms with E-state index in [-0.39, 0.29) is 23.0 Å². The van der Waals surface area contributed by atoms with E-state index in [0.717, 1.165) is 45.3 Å². The third-order valence-electron chi connectivity index (χ3n) is 5.45. The Morgan fingerprint density at radius 2 is 1.64 bits per heavy atom. The van der Waals surface area contributed by atoms with E-state index in [4.69, 9.17) is 0 Å². The fraction of sp³-hybridized carbons (Fsp3) is 0.870. The molecule has 1 amide bonds. The van der Waals surface area contributed by atoms with Crippen molar-refractivity contribution in [3.8, 4) is 0 Å². The summed E-state index contributed by atoms with van der Waals surface area (Å²) in [5.41, 5.74) is -0.0341. The van der Waals surface area contributed by atoms with Gasteiger partial charge in [-0.15, -0.1) is 0 Å². The van der Waals surface area contributed by atoms with Crippen molar-refractivity contribution in [3.05, 3.63) is 12.2 Å². The Labute approximate surface area is 174 Å². The van der Waals surface area contributed by atoms with Crippen LogP contribution in [-0.2, 0) is 4.79 Å². The minimum Gasteiger partial charge on any atom is -0.392 e. The van der Waals surface area contributed by atoms with Gasteiger partial charge in [0.05, 0.1) is 6.10 Å². The monoisotopic (exact) mass is 397 g/mol. The van der Waals surface area contributed by atoms with Crippen molar-refractivity contribution >= 4 is 5.91 Å². The first kappa shape index (κ1) is 27.1. The van der Waals surface area contributed by atoms with E-state index in [9.17, 15) is 9.90 Å². The van der Waals surface area contributed by atoms with Gasteiger partial charge in [-0.2, -0.15) is 0 Å². The van der Waals surface area contributed by atoms with Crippen LogP contribution in [-0.4, -0.2) is 48.8 Å². The van der Waals surface area contributed by atoms with Crippen LogP contribution in [0, 0.1) is 11.3 Å². The Morgan fingerprint density at radius 1 is 1.00 bits per heavy atom. The number of rotatable bonds is 15. The number of hydrogen-bond donors (Lipinski definition) is 4. The number of aliphatic hydroxyl groups is 1. The predicted molar refractivity (Wildman–Crippen MR) is 120 cm³/mol. The fourth-order valence-corrected chi connectivity index (χ4v) is 3.19. The third-order valence-corrected chi connectivity index (χ3v) is 5.45. The van der Waals surface area contributed by atoms with E-state index in [1.807, 2.05) is 13.0 Å². The largest absolute Gasteiger partial charge is 0.392 e. The minimum atomic E-state index is -0.337. The maximum atomic E-state index is 11.9. The first-order valence-corrected chi connectivity index (χ1v) is 11.1. The van der Waals surface area contributed by atoms with Crippen molar-refractivity contribution in [2.75, 3.05) is 26.2 Å². The highest BCUT2D eigenvalue weighted by atomic mass is 16.3. The molecule has 0 bridgehead atoms. The topological polar surface area (TPSA) is 73.4 Å². The summed E-state index contributed by atoms with van der Waals surface area (Å²) in [6, 6.07) is 0. The SMILES string of the molecule is CC=CC(C)(C(C)C)C(O)CCCCCC(=O)NCCNCCNC(C)(C)C. The standard InChI is InChI=1S/C23H47N3O2/c1-8-14-23(7,19(2)3)20(27)12-10-9-11-13-21(28)25-17-15-24-16-18-26-22(4,5)6/h8,14,19-20,24,26-27H,9-13,15-18H2,1-7H3,(H,25,28). The average molecular weight is 398 g/mol. The second kappa shape index (κ2) is 14.1. The van der Waals surface area contributed by atoms with Gasteiger partial charge in [-0.05, 0) is 46.5 Å². The fourth-order valence-electron chi connectivity index (χ4n) is 3.19. The predicted octanol–water partition coefficient (Wildman–Crippen LogP) is 3.63. The second-order valence-electron chi connectivity index (χ2n) is 9.41. The van der Waals surface area contributed by atoms with Crippen LogP contribution in [0.2, 0.25) is 0 Å². The summed E-state index contributed by atoms with van der Waals surface area (Å²) in [6.07, 6.45) is 7.99. The lowest BCUT2D eigenvalue weighted by atomic mass is 9.72. The van der Waals surface area contributed by atoms with Crippen LogP contribution in [0.25, 0.3) is 0 Å². The second-order valence-corrected chi connectivity index (χ2v) is 9.41. The number of amides is 1. The lowest BCUT2D eigenvalue weighted by Gasteiger charge is -2.36. The first-order chi connectivity index (χ1) is 13.0. The lowest BCUT2D eigenvalue weighted by Crippen LogP contribution is -2.41. The molecule has 0 aromatic heterocycles. The van der Waals surface area contributed by atoms with Crippen LogP contribution in [0.1, 0.15) is 80.6 Å². The van der Waals surface area contributed by atoms with E-state index in [1.54, 1.807) is 0 Å². The Morgan fingerprint density at radius 3 is 2.21 bits per heavy atom. The number of allylic oxidation sites excluding steroid dienone is 1. The molecule has 0 rings (SSSR count). The van der Waals surface area contributed by atoms with Crippen LogP contribution < -0.4 is 16.0 Å². The van der Waals surface area contributed by atoms with E-state index in [1.165, 1.54) is 0 Å². The Hall–Kier alpha value is -0.910. The van der Waals surface area contributed by atoms with Gasteiger partial charge < -0.3 is 21.1 Å². The van der Waals surface area contributed by atoms with Crippen LogP contribution in [0.4, 0.5) is 0 Å². The lowest BCUT2D eigenvalue weighted by molar-refractivity contribution is -0.121. The molecule has 0 spiro atoms. The van der Waals surface area contributed by atoms with Gasteiger partial charge >= 0.3 is 0 Å². The summed E-state index contributed by atoms with van der Waals surface area (Å²) < 4.78 is 0. The molecule has 0 fully saturated rings. The molecule has 2 atom stereocenters. The maximum absolute atomic E-state index is 11.9. The average Bonchev–Trinajstić information content (AvgIpc) is 2.59. The zero-order valence-electron chi connectivity index (χ0n) is 19.5. The van der Waals surface area contributed by atoms with Crippen molar-refractivity contribution in [2.24, 2.45) is 11.3 Å². The van der Waals surface area contributed by atoms with Gasteiger partial charge in [0.15, 0.2) is 0 Å². The number of nitrogens with one attached hydrogen (secondary N) is 3. The van der Waals surface area contributed by atoms with Crippen molar-refractivity contribution in [2.45, 2.75) is 92.2 Å². The molecule has 28 heavy (non-hydrogen) atoms. The van der Waals surface area contributed by atoms with Gasteiger partial charge in [-0.1, -0.05) is 45.8 Å². The molecule has 0 aliphatic heterocycles. The molecule has 4 N–H and O–H groups in total. The molecule has 5 nitrogen and oxygen atoms in total. The number of carbonyl (C=O) groups is 1. The van der Waals surface area contributed by atoms with Gasteiger partial charge in [-0.25, -0.2) is 0 Å². The Bertz CT molecular complexity index is 444. The van der Waals surface area contributed by atoms with Gasteiger partial charge in [0, 0.05) is 43.6 Å². The van der Waals surface area contributed by atoms with Crippen molar-refractivity contribution in [3.63, 3.8) is 0 Å². The van der Waals surface area contributed by atoms with Crippen molar-refractivity contribution in [1.29, 1.82) is 0 Å². The molecule has 0 aromatic carbocycles. The minimum absolute atomic E-state index is 0.121. The summed E-state index contributed by atoms with van der Waals surface area (Å²) in [5.74, 6) is 0.512. The van der Waals surface area contributed by atoms with Gasteiger partial charge in [0.1, 0.15) is 0 Å². The third kappa shape index (κ3) is 12.5. The Balaban J connectivity index is 3.74. The summed E-state index contributed by atoms with van der Waals surface area (Å²) in [4.78, 5) is 11.9. The highest BCUT2D eigenvalue weighted by Gasteiger charge is 2.32. The molecule has 0 heterocycles. The molecule has 0 saturated carbocycles. The van der Waals surface area contributed by atoms with Crippen LogP contribution >= 0.6 is 0 Å². The van der Waals surface area contributed by atoms with Crippen LogP contribution in [0.5, 0.6) is 0 Å². The molecule has 0 saturated heterocycles. The van der Waals surface area contributed by atoms with Crippen LogP contribution in [0.15, 0.2) is 12.2 Å². The summed E-state index contributed by atoms with van der Waals surface area (Å²) >= 11 is 0. The van der Waals surface area contributed by atoms with E-state index in [2.05, 4.69) is 63.6 Å². The summed E-state index contributed by atoms with van der Waals surface area (Å²) in [6.45, 7) is 18.2. The molecule has 0 radical (unpaired) electrons. The smallest absolute Gasteiger partial charge is 0.220 e. The van der Waals surface area contributed by atoms with Crippen molar-refractivity contribution < 1.29 is 9.90 Å². The maximum Gasteiger partial charge on any atom is 0.220 e. The van der Waals surface area contributed by atoms with Gasteiger partial charge in [0.2, 0.25) is 5.91 Å². The summed E-state index contributed by atoms with van der Waals surface area (Å²) in [5, 5.41) is 20.3.